The van der Waals surface area contributed by atoms with Gasteiger partial charge in [-0.25, -0.2) is 18.2 Å². The molecule has 0 atom stereocenters. The Hall–Kier alpha value is -1.55. The van der Waals surface area contributed by atoms with Gasteiger partial charge in [0.1, 0.15) is 5.60 Å². The van der Waals surface area contributed by atoms with Crippen LogP contribution in [-0.2, 0) is 14.8 Å². The van der Waals surface area contributed by atoms with Crippen molar-refractivity contribution in [2.24, 2.45) is 0 Å². The summed E-state index contributed by atoms with van der Waals surface area (Å²) < 4.78 is 31.6. The first-order chi connectivity index (χ1) is 11.4. The molecule has 0 bridgehead atoms. The SMILES string of the molecule is CN(C(=O)OC(C)(C)C)C1CN(c2ncc(Br)cc2NS(C)(=O)=O)C1. The largest absolute Gasteiger partial charge is 0.444 e. The predicted molar refractivity (Wildman–Crippen MR) is 100 cm³/mol. The molecule has 1 aliphatic rings. The molecule has 10 heteroatoms. The maximum atomic E-state index is 12.1. The highest BCUT2D eigenvalue weighted by atomic mass is 79.9. The zero-order valence-electron chi connectivity index (χ0n) is 14.9. The van der Waals surface area contributed by atoms with Gasteiger partial charge in [0.25, 0.3) is 0 Å². The smallest absolute Gasteiger partial charge is 0.410 e. The quantitative estimate of drug-likeness (QED) is 0.780. The highest BCUT2D eigenvalue weighted by Crippen LogP contribution is 2.31. The van der Waals surface area contributed by atoms with Crippen molar-refractivity contribution in [2.75, 3.05) is 36.0 Å². The second kappa shape index (κ2) is 6.99. The van der Waals surface area contributed by atoms with Crippen molar-refractivity contribution in [1.29, 1.82) is 0 Å². The molecule has 0 aliphatic carbocycles. The molecular weight excluding hydrogens is 412 g/mol. The number of nitrogens with one attached hydrogen (secondary N) is 1. The average Bonchev–Trinajstić information content (AvgIpc) is 2.35. The molecule has 0 spiro atoms. The van der Waals surface area contributed by atoms with Gasteiger partial charge >= 0.3 is 6.09 Å². The Bertz CT molecular complexity index is 757. The first-order valence-corrected chi connectivity index (χ1v) is 10.4. The van der Waals surface area contributed by atoms with Crippen molar-refractivity contribution in [3.8, 4) is 0 Å². The molecule has 1 fully saturated rings. The van der Waals surface area contributed by atoms with Crippen molar-refractivity contribution in [2.45, 2.75) is 32.4 Å². The first-order valence-electron chi connectivity index (χ1n) is 7.70. The van der Waals surface area contributed by atoms with Crippen molar-refractivity contribution in [3.05, 3.63) is 16.7 Å². The molecule has 25 heavy (non-hydrogen) atoms. The fourth-order valence-electron chi connectivity index (χ4n) is 2.32. The molecule has 1 amide bonds. The van der Waals surface area contributed by atoms with Crippen LogP contribution in [0.3, 0.4) is 0 Å². The van der Waals surface area contributed by atoms with Crippen LogP contribution in [0.1, 0.15) is 20.8 Å². The monoisotopic (exact) mass is 434 g/mol. The molecule has 1 aromatic rings. The minimum absolute atomic E-state index is 0.0219. The Balaban J connectivity index is 2.06. The maximum absolute atomic E-state index is 12.1. The van der Waals surface area contributed by atoms with E-state index in [1.807, 2.05) is 25.7 Å². The van der Waals surface area contributed by atoms with Gasteiger partial charge in [-0.2, -0.15) is 0 Å². The first kappa shape index (κ1) is 19.8. The molecule has 8 nitrogen and oxygen atoms in total. The van der Waals surface area contributed by atoms with Crippen LogP contribution in [-0.4, -0.2) is 62.4 Å². The number of rotatable bonds is 4. The number of ether oxygens (including phenoxy) is 1. The van der Waals surface area contributed by atoms with E-state index in [0.29, 0.717) is 29.1 Å². The molecule has 1 N–H and O–H groups in total. The number of carbonyl (C=O) groups excluding carboxylic acids is 1. The van der Waals surface area contributed by atoms with E-state index < -0.39 is 15.6 Å². The van der Waals surface area contributed by atoms with E-state index in [0.717, 1.165) is 6.26 Å². The molecule has 0 saturated carbocycles. The summed E-state index contributed by atoms with van der Waals surface area (Å²) in [5, 5.41) is 0. The standard InChI is InChI=1S/C15H23BrN4O4S/c1-15(2,3)24-14(21)19(4)11-8-20(9-11)13-12(18-25(5,22)23)6-10(16)7-17-13/h6-7,11,18H,8-9H2,1-5H3. The second-order valence-corrected chi connectivity index (χ2v) is 9.71. The third-order valence-electron chi connectivity index (χ3n) is 3.52. The van der Waals surface area contributed by atoms with Crippen molar-refractivity contribution >= 4 is 43.6 Å². The number of pyridine rings is 1. The lowest BCUT2D eigenvalue weighted by atomic mass is 10.1. The zero-order chi connectivity index (χ0) is 19.0. The van der Waals surface area contributed by atoms with E-state index in [-0.39, 0.29) is 12.1 Å². The highest BCUT2D eigenvalue weighted by molar-refractivity contribution is 9.10. The number of amides is 1. The minimum Gasteiger partial charge on any atom is -0.444 e. The fraction of sp³-hybridized carbons (Fsp3) is 0.600. The van der Waals surface area contributed by atoms with E-state index in [4.69, 9.17) is 4.74 Å². The summed E-state index contributed by atoms with van der Waals surface area (Å²) in [6.45, 7) is 6.55. The lowest BCUT2D eigenvalue weighted by molar-refractivity contribution is 0.0196. The van der Waals surface area contributed by atoms with E-state index in [1.165, 1.54) is 0 Å². The van der Waals surface area contributed by atoms with Crippen LogP contribution >= 0.6 is 15.9 Å². The highest BCUT2D eigenvalue weighted by Gasteiger charge is 2.36. The van der Waals surface area contributed by atoms with Gasteiger partial charge in [-0.15, -0.1) is 0 Å². The van der Waals surface area contributed by atoms with Crippen LogP contribution in [0.5, 0.6) is 0 Å². The number of hydrogen-bond donors (Lipinski definition) is 1. The van der Waals surface area contributed by atoms with Gasteiger partial charge in [-0.05, 0) is 42.8 Å². The normalized spacial score (nSPS) is 15.5. The van der Waals surface area contributed by atoms with Gasteiger partial charge < -0.3 is 14.5 Å². The predicted octanol–water partition coefficient (Wildman–Crippen LogP) is 2.27. The molecule has 0 unspecified atom stereocenters. The molecule has 140 valence electrons. The second-order valence-electron chi connectivity index (χ2n) is 7.05. The lowest BCUT2D eigenvalue weighted by Gasteiger charge is -2.45. The third kappa shape index (κ3) is 5.46. The van der Waals surface area contributed by atoms with Crippen LogP contribution in [0.4, 0.5) is 16.3 Å². The van der Waals surface area contributed by atoms with Gasteiger partial charge in [0.05, 0.1) is 18.0 Å². The number of carbonyl (C=O) groups is 1. The number of aromatic nitrogens is 1. The van der Waals surface area contributed by atoms with Crippen LogP contribution < -0.4 is 9.62 Å². The van der Waals surface area contributed by atoms with E-state index in [1.54, 1.807) is 24.2 Å². The number of likely N-dealkylation sites (N-methyl/N-ethyl adjacent to an activating group) is 1. The van der Waals surface area contributed by atoms with Gasteiger partial charge in [0.2, 0.25) is 10.0 Å². The van der Waals surface area contributed by atoms with Crippen LogP contribution in [0, 0.1) is 0 Å². The van der Waals surface area contributed by atoms with Gasteiger partial charge in [-0.3, -0.25) is 4.72 Å². The topological polar surface area (TPSA) is 91.8 Å². The third-order valence-corrected chi connectivity index (χ3v) is 4.54. The summed E-state index contributed by atoms with van der Waals surface area (Å²) in [6.07, 6.45) is 2.32. The van der Waals surface area contributed by atoms with Crippen LogP contribution in [0.25, 0.3) is 0 Å². The molecule has 2 rings (SSSR count). The fourth-order valence-corrected chi connectivity index (χ4v) is 3.20. The summed E-state index contributed by atoms with van der Waals surface area (Å²) in [7, 11) is -1.72. The van der Waals surface area contributed by atoms with Gasteiger partial charge in [0.15, 0.2) is 5.82 Å². The summed E-state index contributed by atoms with van der Waals surface area (Å²) >= 11 is 3.29. The number of anilines is 2. The Morgan fingerprint density at radius 2 is 2.04 bits per heavy atom. The van der Waals surface area contributed by atoms with E-state index in [9.17, 15) is 13.2 Å². The summed E-state index contributed by atoms with van der Waals surface area (Å²) in [6, 6.07) is 1.64. The van der Waals surface area contributed by atoms with Crippen molar-refractivity contribution < 1.29 is 17.9 Å². The molecule has 0 radical (unpaired) electrons. The number of hydrogen-bond acceptors (Lipinski definition) is 6. The zero-order valence-corrected chi connectivity index (χ0v) is 17.3. The average molecular weight is 435 g/mol. The molecular formula is C15H23BrN4O4S. The molecule has 2 heterocycles. The van der Waals surface area contributed by atoms with E-state index >= 15 is 0 Å². The number of halogens is 1. The summed E-state index contributed by atoms with van der Waals surface area (Å²) in [5.74, 6) is 0.530. The van der Waals surface area contributed by atoms with Crippen LogP contribution in [0.2, 0.25) is 0 Å². The van der Waals surface area contributed by atoms with Gasteiger partial charge in [0, 0.05) is 30.8 Å². The Kier molecular flexibility index (Phi) is 5.53. The number of sulfonamides is 1. The minimum atomic E-state index is -3.42. The molecule has 1 saturated heterocycles. The van der Waals surface area contributed by atoms with Gasteiger partial charge in [-0.1, -0.05) is 0 Å². The maximum Gasteiger partial charge on any atom is 0.410 e. The summed E-state index contributed by atoms with van der Waals surface area (Å²) in [4.78, 5) is 19.9. The van der Waals surface area contributed by atoms with Crippen molar-refractivity contribution in [1.82, 2.24) is 9.88 Å². The molecule has 1 aromatic heterocycles. The van der Waals surface area contributed by atoms with Crippen molar-refractivity contribution in [3.63, 3.8) is 0 Å². The Labute approximate surface area is 156 Å². The molecule has 1 aliphatic heterocycles. The summed E-state index contributed by atoms with van der Waals surface area (Å²) in [5.41, 5.74) is -0.149. The molecule has 0 aromatic carbocycles. The number of nitrogens with zero attached hydrogens (tertiary/aromatic N) is 3. The Morgan fingerprint density at radius 1 is 1.44 bits per heavy atom. The Morgan fingerprint density at radius 3 is 2.56 bits per heavy atom. The van der Waals surface area contributed by atoms with Crippen LogP contribution in [0.15, 0.2) is 16.7 Å². The van der Waals surface area contributed by atoms with E-state index in [2.05, 4.69) is 25.6 Å². The lowest BCUT2D eigenvalue weighted by Crippen LogP contribution is -2.60.